The number of hydrogen-bond acceptors (Lipinski definition) is 3. The van der Waals surface area contributed by atoms with E-state index in [1.54, 1.807) is 0 Å². The van der Waals surface area contributed by atoms with Gasteiger partial charge in [-0.25, -0.2) is 0 Å². The van der Waals surface area contributed by atoms with Crippen molar-refractivity contribution < 1.29 is 9.84 Å². The van der Waals surface area contributed by atoms with Crippen molar-refractivity contribution in [3.05, 3.63) is 34.9 Å². The van der Waals surface area contributed by atoms with Gasteiger partial charge in [-0.3, -0.25) is 4.99 Å². The van der Waals surface area contributed by atoms with E-state index in [-0.39, 0.29) is 11.5 Å². The number of halogens is 1. The van der Waals surface area contributed by atoms with Crippen LogP contribution in [0.2, 0.25) is 5.02 Å². The molecule has 5 nitrogen and oxygen atoms in total. The fraction of sp³-hybridized carbons (Fsp3) is 0.632. The molecule has 2 fully saturated rings. The maximum absolute atomic E-state index is 9.84. The minimum Gasteiger partial charge on any atom is -0.391 e. The third-order valence-electron chi connectivity index (χ3n) is 5.22. The summed E-state index contributed by atoms with van der Waals surface area (Å²) in [6.45, 7) is 6.59. The van der Waals surface area contributed by atoms with Gasteiger partial charge < -0.3 is 20.1 Å². The molecule has 2 saturated heterocycles. The zero-order valence-electron chi connectivity index (χ0n) is 14.9. The summed E-state index contributed by atoms with van der Waals surface area (Å²) >= 11 is 6.24. The molecule has 6 heteroatoms. The van der Waals surface area contributed by atoms with E-state index in [1.165, 1.54) is 5.56 Å². The number of β-amino-alcohol motifs (C(OH)–C–C–N with tert-alkyl or cyclic N) is 1. The van der Waals surface area contributed by atoms with E-state index in [0.29, 0.717) is 13.1 Å². The van der Waals surface area contributed by atoms with Crippen molar-refractivity contribution >= 4 is 17.6 Å². The summed E-state index contributed by atoms with van der Waals surface area (Å²) in [5.74, 6) is 0.895. The first-order chi connectivity index (χ1) is 12.1. The van der Waals surface area contributed by atoms with Crippen molar-refractivity contribution in [2.75, 3.05) is 39.4 Å². The molecule has 2 N–H and O–H groups in total. The van der Waals surface area contributed by atoms with E-state index in [1.807, 2.05) is 12.1 Å². The summed E-state index contributed by atoms with van der Waals surface area (Å²) < 4.78 is 5.60. The van der Waals surface area contributed by atoms with Crippen LogP contribution in [0.15, 0.2) is 29.3 Å². The highest BCUT2D eigenvalue weighted by Gasteiger charge is 2.35. The molecule has 0 amide bonds. The Balaban J connectivity index is 1.83. The highest BCUT2D eigenvalue weighted by Crippen LogP contribution is 2.36. The maximum Gasteiger partial charge on any atom is 0.194 e. The summed E-state index contributed by atoms with van der Waals surface area (Å²) in [5.41, 5.74) is 1.20. The number of rotatable bonds is 4. The van der Waals surface area contributed by atoms with Crippen molar-refractivity contribution in [2.45, 2.75) is 37.7 Å². The van der Waals surface area contributed by atoms with E-state index in [0.717, 1.165) is 56.5 Å². The third kappa shape index (κ3) is 4.46. The van der Waals surface area contributed by atoms with Gasteiger partial charge in [-0.15, -0.1) is 0 Å². The average Bonchev–Trinajstić information content (AvgIpc) is 3.06. The highest BCUT2D eigenvalue weighted by atomic mass is 35.5. The largest absolute Gasteiger partial charge is 0.391 e. The summed E-state index contributed by atoms with van der Waals surface area (Å²) in [7, 11) is 0. The van der Waals surface area contributed by atoms with Crippen molar-refractivity contribution in [2.24, 2.45) is 4.99 Å². The van der Waals surface area contributed by atoms with Gasteiger partial charge in [-0.1, -0.05) is 23.7 Å². The third-order valence-corrected chi connectivity index (χ3v) is 5.45. The maximum atomic E-state index is 9.84. The van der Waals surface area contributed by atoms with E-state index in [2.05, 4.69) is 29.3 Å². The summed E-state index contributed by atoms with van der Waals surface area (Å²) in [6.07, 6.45) is 2.43. The molecule has 0 aliphatic carbocycles. The molecule has 0 radical (unpaired) electrons. The second-order valence-corrected chi connectivity index (χ2v) is 7.40. The van der Waals surface area contributed by atoms with Crippen LogP contribution in [0.25, 0.3) is 0 Å². The standard InChI is InChI=1S/C19H28ClN3O2/c1-2-21-18(23-9-6-17(24)13-23)22-14-19(7-10-25-11-8-19)15-4-3-5-16(20)12-15/h3-5,12,17,24H,2,6-11,13-14H2,1H3,(H,21,22)/t17-/m1/s1. The van der Waals surface area contributed by atoms with Gasteiger partial charge in [0, 0.05) is 43.3 Å². The number of hydrogen-bond donors (Lipinski definition) is 2. The second kappa shape index (κ2) is 8.39. The number of likely N-dealkylation sites (tertiary alicyclic amines) is 1. The normalized spacial score (nSPS) is 23.7. The van der Waals surface area contributed by atoms with Crippen LogP contribution in [0.3, 0.4) is 0 Å². The zero-order valence-corrected chi connectivity index (χ0v) is 15.6. The molecule has 0 spiro atoms. The van der Waals surface area contributed by atoms with Gasteiger partial charge in [-0.2, -0.15) is 0 Å². The quantitative estimate of drug-likeness (QED) is 0.635. The Labute approximate surface area is 155 Å². The Morgan fingerprint density at radius 2 is 2.24 bits per heavy atom. The van der Waals surface area contributed by atoms with Crippen molar-refractivity contribution in [3.63, 3.8) is 0 Å². The lowest BCUT2D eigenvalue weighted by atomic mass is 9.74. The van der Waals surface area contributed by atoms with Crippen LogP contribution in [0.1, 0.15) is 31.7 Å². The first-order valence-electron chi connectivity index (χ1n) is 9.18. The lowest BCUT2D eigenvalue weighted by molar-refractivity contribution is 0.0530. The van der Waals surface area contributed by atoms with Gasteiger partial charge >= 0.3 is 0 Å². The average molecular weight is 366 g/mol. The fourth-order valence-electron chi connectivity index (χ4n) is 3.70. The fourth-order valence-corrected chi connectivity index (χ4v) is 3.90. The van der Waals surface area contributed by atoms with Gasteiger partial charge in [-0.05, 0) is 43.9 Å². The van der Waals surface area contributed by atoms with Gasteiger partial charge in [0.05, 0.1) is 12.6 Å². The van der Waals surface area contributed by atoms with Crippen LogP contribution in [0.4, 0.5) is 0 Å². The zero-order chi connectivity index (χ0) is 17.7. The Hall–Kier alpha value is -1.30. The van der Waals surface area contributed by atoms with Crippen LogP contribution in [-0.4, -0.2) is 61.5 Å². The predicted octanol–water partition coefficient (Wildman–Crippen LogP) is 2.42. The molecular weight excluding hydrogens is 338 g/mol. The number of guanidine groups is 1. The molecule has 3 rings (SSSR count). The number of nitrogens with one attached hydrogen (secondary N) is 1. The lowest BCUT2D eigenvalue weighted by Gasteiger charge is -2.37. The molecule has 1 atom stereocenters. The minimum absolute atomic E-state index is 0.0395. The number of aliphatic hydroxyl groups excluding tert-OH is 1. The van der Waals surface area contributed by atoms with E-state index in [9.17, 15) is 5.11 Å². The number of aliphatic imine (C=N–C) groups is 1. The Morgan fingerprint density at radius 1 is 1.44 bits per heavy atom. The first-order valence-corrected chi connectivity index (χ1v) is 9.56. The van der Waals surface area contributed by atoms with Crippen LogP contribution < -0.4 is 5.32 Å². The van der Waals surface area contributed by atoms with E-state index < -0.39 is 0 Å². The monoisotopic (exact) mass is 365 g/mol. The van der Waals surface area contributed by atoms with E-state index >= 15 is 0 Å². The van der Waals surface area contributed by atoms with Crippen molar-refractivity contribution in [1.29, 1.82) is 0 Å². The molecule has 2 aliphatic rings. The van der Waals surface area contributed by atoms with Crippen LogP contribution in [0, 0.1) is 0 Å². The van der Waals surface area contributed by atoms with Gasteiger partial charge in [0.15, 0.2) is 5.96 Å². The molecular formula is C19H28ClN3O2. The first kappa shape index (κ1) is 18.5. The van der Waals surface area contributed by atoms with Crippen LogP contribution in [0.5, 0.6) is 0 Å². The molecule has 1 aromatic rings. The predicted molar refractivity (Wildman–Crippen MR) is 101 cm³/mol. The van der Waals surface area contributed by atoms with Gasteiger partial charge in [0.1, 0.15) is 0 Å². The van der Waals surface area contributed by atoms with Crippen LogP contribution in [-0.2, 0) is 10.2 Å². The van der Waals surface area contributed by atoms with Crippen molar-refractivity contribution in [3.8, 4) is 0 Å². The number of aliphatic hydroxyl groups is 1. The van der Waals surface area contributed by atoms with Gasteiger partial charge in [0.25, 0.3) is 0 Å². The number of benzene rings is 1. The van der Waals surface area contributed by atoms with Crippen molar-refractivity contribution in [1.82, 2.24) is 10.2 Å². The second-order valence-electron chi connectivity index (χ2n) is 6.96. The SMILES string of the molecule is CCNC(=NCC1(c2cccc(Cl)c2)CCOCC1)N1CC[C@@H](O)C1. The molecule has 0 saturated carbocycles. The summed E-state index contributed by atoms with van der Waals surface area (Å²) in [5, 5.41) is 14.0. The number of nitrogens with zero attached hydrogens (tertiary/aromatic N) is 2. The van der Waals surface area contributed by atoms with Gasteiger partial charge in [0.2, 0.25) is 0 Å². The molecule has 0 aromatic heterocycles. The highest BCUT2D eigenvalue weighted by molar-refractivity contribution is 6.30. The summed E-state index contributed by atoms with van der Waals surface area (Å²) in [6, 6.07) is 8.14. The Morgan fingerprint density at radius 3 is 2.88 bits per heavy atom. The topological polar surface area (TPSA) is 57.1 Å². The molecule has 0 bridgehead atoms. The number of ether oxygens (including phenoxy) is 1. The minimum atomic E-state index is -0.256. The Kier molecular flexibility index (Phi) is 6.20. The molecule has 1 aromatic carbocycles. The van der Waals surface area contributed by atoms with E-state index in [4.69, 9.17) is 21.3 Å². The van der Waals surface area contributed by atoms with Crippen LogP contribution >= 0.6 is 11.6 Å². The molecule has 0 unspecified atom stereocenters. The molecule has 138 valence electrons. The molecule has 25 heavy (non-hydrogen) atoms. The smallest absolute Gasteiger partial charge is 0.194 e. The molecule has 2 heterocycles. The summed E-state index contributed by atoms with van der Waals surface area (Å²) in [4.78, 5) is 7.11. The molecule has 2 aliphatic heterocycles. The Bertz CT molecular complexity index is 602. The lowest BCUT2D eigenvalue weighted by Crippen LogP contribution is -2.43.